The van der Waals surface area contributed by atoms with E-state index in [1.54, 1.807) is 11.3 Å². The Kier molecular flexibility index (Phi) is 6.27. The third-order valence-electron chi connectivity index (χ3n) is 1.23. The second kappa shape index (κ2) is 6.93. The summed E-state index contributed by atoms with van der Waals surface area (Å²) in [6.07, 6.45) is -4.53. The van der Waals surface area contributed by atoms with Gasteiger partial charge in [-0.1, -0.05) is 12.1 Å². The summed E-state index contributed by atoms with van der Waals surface area (Å²) in [7, 11) is 0. The van der Waals surface area contributed by atoms with Gasteiger partial charge in [-0.25, -0.2) is 9.59 Å². The molecule has 0 saturated heterocycles. The van der Waals surface area contributed by atoms with Crippen LogP contribution in [-0.2, 0) is 9.59 Å². The van der Waals surface area contributed by atoms with Gasteiger partial charge in [-0.15, -0.1) is 0 Å². The molecule has 0 aliphatic carbocycles. The van der Waals surface area contributed by atoms with Crippen molar-refractivity contribution in [2.45, 2.75) is 12.2 Å². The smallest absolute Gasteiger partial charge is 0.335 e. The molecule has 0 aliphatic heterocycles. The van der Waals surface area contributed by atoms with Crippen LogP contribution in [0.3, 0.4) is 0 Å². The van der Waals surface area contributed by atoms with Crippen molar-refractivity contribution in [3.63, 3.8) is 0 Å². The number of aliphatic hydroxyl groups is 2. The predicted molar refractivity (Wildman–Crippen MR) is 51.6 cm³/mol. The molecule has 1 rings (SSSR count). The first-order valence-corrected chi connectivity index (χ1v) is 4.70. The predicted octanol–water partition coefficient (Wildman–Crippen LogP) is -0.374. The molecule has 0 amide bonds. The van der Waals surface area contributed by atoms with E-state index in [-0.39, 0.29) is 0 Å². The fourth-order valence-corrected chi connectivity index (χ4v) is 0.951. The Balaban J connectivity index is 0.000000322. The highest BCUT2D eigenvalue weighted by atomic mass is 32.1. The van der Waals surface area contributed by atoms with Crippen LogP contribution in [0.5, 0.6) is 0 Å². The molecule has 0 spiro atoms. The van der Waals surface area contributed by atoms with E-state index in [2.05, 4.69) is 0 Å². The molecule has 2 unspecified atom stereocenters. The maximum atomic E-state index is 9.77. The van der Waals surface area contributed by atoms with Gasteiger partial charge in [0.15, 0.2) is 12.2 Å². The van der Waals surface area contributed by atoms with E-state index < -0.39 is 24.1 Å². The van der Waals surface area contributed by atoms with Gasteiger partial charge in [0.1, 0.15) is 0 Å². The Morgan fingerprint density at radius 3 is 1.40 bits per heavy atom. The number of hydrogen-bond acceptors (Lipinski definition) is 5. The number of carbonyl (C=O) groups is 2. The van der Waals surface area contributed by atoms with E-state index >= 15 is 0 Å². The number of thiophene rings is 1. The van der Waals surface area contributed by atoms with E-state index in [1.165, 1.54) is 0 Å². The zero-order valence-electron chi connectivity index (χ0n) is 7.48. The molecule has 0 bridgehead atoms. The van der Waals surface area contributed by atoms with Crippen LogP contribution in [0.4, 0.5) is 0 Å². The number of aliphatic carboxylic acids is 2. The molecule has 4 N–H and O–H groups in total. The van der Waals surface area contributed by atoms with Gasteiger partial charge in [0.25, 0.3) is 0 Å². The van der Waals surface area contributed by atoms with Crippen LogP contribution < -0.4 is 0 Å². The SMILES string of the molecule is O=C(O)C(O)C(O)C(=O)O.c1ccsc1. The lowest BCUT2D eigenvalue weighted by molar-refractivity contribution is -0.165. The minimum Gasteiger partial charge on any atom is -0.479 e. The van der Waals surface area contributed by atoms with Crippen molar-refractivity contribution in [3.8, 4) is 0 Å². The first kappa shape index (κ1) is 13.6. The van der Waals surface area contributed by atoms with Crippen LogP contribution in [0.2, 0.25) is 0 Å². The van der Waals surface area contributed by atoms with E-state index in [0.717, 1.165) is 0 Å². The number of carboxylic acids is 2. The zero-order chi connectivity index (χ0) is 11.8. The summed E-state index contributed by atoms with van der Waals surface area (Å²) in [5, 5.41) is 36.6. The summed E-state index contributed by atoms with van der Waals surface area (Å²) < 4.78 is 0. The molecule has 2 atom stereocenters. The zero-order valence-corrected chi connectivity index (χ0v) is 8.29. The first-order chi connectivity index (χ1) is 6.96. The second-order valence-corrected chi connectivity index (χ2v) is 3.18. The van der Waals surface area contributed by atoms with Crippen molar-refractivity contribution < 1.29 is 30.0 Å². The molecule has 0 fully saturated rings. The van der Waals surface area contributed by atoms with Crippen LogP contribution in [0.15, 0.2) is 22.9 Å². The van der Waals surface area contributed by atoms with Crippen molar-refractivity contribution >= 4 is 23.3 Å². The van der Waals surface area contributed by atoms with Crippen LogP contribution in [0, 0.1) is 0 Å². The molecule has 0 saturated carbocycles. The topological polar surface area (TPSA) is 115 Å². The molecule has 0 radical (unpaired) electrons. The van der Waals surface area contributed by atoms with Gasteiger partial charge >= 0.3 is 11.9 Å². The summed E-state index contributed by atoms with van der Waals surface area (Å²) in [6.45, 7) is 0. The van der Waals surface area contributed by atoms with E-state index in [0.29, 0.717) is 0 Å². The first-order valence-electron chi connectivity index (χ1n) is 3.75. The van der Waals surface area contributed by atoms with Crippen molar-refractivity contribution in [3.05, 3.63) is 22.9 Å². The normalized spacial score (nSPS) is 13.2. The van der Waals surface area contributed by atoms with Crippen LogP contribution >= 0.6 is 11.3 Å². The van der Waals surface area contributed by atoms with Gasteiger partial charge in [-0.05, 0) is 10.8 Å². The van der Waals surface area contributed by atoms with Gasteiger partial charge < -0.3 is 20.4 Å². The average molecular weight is 234 g/mol. The fraction of sp³-hybridized carbons (Fsp3) is 0.250. The van der Waals surface area contributed by atoms with Gasteiger partial charge in [-0.3, -0.25) is 0 Å². The van der Waals surface area contributed by atoms with Gasteiger partial charge in [0, 0.05) is 0 Å². The monoisotopic (exact) mass is 234 g/mol. The number of aliphatic hydroxyl groups excluding tert-OH is 2. The Labute approximate surface area is 89.0 Å². The van der Waals surface area contributed by atoms with Crippen LogP contribution in [-0.4, -0.2) is 44.6 Å². The van der Waals surface area contributed by atoms with E-state index in [1.807, 2.05) is 22.9 Å². The maximum Gasteiger partial charge on any atom is 0.335 e. The number of hydrogen-bond donors (Lipinski definition) is 4. The Morgan fingerprint density at radius 2 is 1.27 bits per heavy atom. The summed E-state index contributed by atoms with van der Waals surface area (Å²) in [6, 6.07) is 4.04. The van der Waals surface area contributed by atoms with Crippen LogP contribution in [0.25, 0.3) is 0 Å². The van der Waals surface area contributed by atoms with Gasteiger partial charge in [-0.2, -0.15) is 11.3 Å². The van der Waals surface area contributed by atoms with Gasteiger partial charge in [0.05, 0.1) is 0 Å². The minimum atomic E-state index is -2.27. The molecule has 0 aromatic carbocycles. The lowest BCUT2D eigenvalue weighted by Gasteiger charge is -2.07. The highest BCUT2D eigenvalue weighted by Crippen LogP contribution is 1.92. The Hall–Kier alpha value is -1.44. The third kappa shape index (κ3) is 5.78. The summed E-state index contributed by atoms with van der Waals surface area (Å²) in [5.41, 5.74) is 0. The highest BCUT2D eigenvalue weighted by molar-refractivity contribution is 7.07. The van der Waals surface area contributed by atoms with E-state index in [4.69, 9.17) is 20.4 Å². The molecule has 1 heterocycles. The molecule has 15 heavy (non-hydrogen) atoms. The van der Waals surface area contributed by atoms with E-state index in [9.17, 15) is 9.59 Å². The third-order valence-corrected chi connectivity index (χ3v) is 1.86. The molecule has 84 valence electrons. The molecule has 1 aromatic heterocycles. The molecule has 7 heteroatoms. The molecule has 0 aliphatic rings. The van der Waals surface area contributed by atoms with Crippen molar-refractivity contribution in [2.24, 2.45) is 0 Å². The summed E-state index contributed by atoms with van der Waals surface area (Å²) in [5.74, 6) is -3.54. The highest BCUT2D eigenvalue weighted by Gasteiger charge is 2.29. The van der Waals surface area contributed by atoms with Crippen molar-refractivity contribution in [1.82, 2.24) is 0 Å². The Bertz CT molecular complexity index is 261. The lowest BCUT2D eigenvalue weighted by atomic mass is 10.2. The largest absolute Gasteiger partial charge is 0.479 e. The summed E-state index contributed by atoms with van der Waals surface area (Å²) >= 11 is 1.71. The number of rotatable bonds is 3. The average Bonchev–Trinajstić information content (AvgIpc) is 2.73. The lowest BCUT2D eigenvalue weighted by Crippen LogP contribution is -2.39. The minimum absolute atomic E-state index is 1.71. The van der Waals surface area contributed by atoms with Crippen molar-refractivity contribution in [1.29, 1.82) is 0 Å². The standard InChI is InChI=1S/C4H6O6.C4H4S/c5-1(3(7)8)2(6)4(9)10;1-2-4-5-3-1/h1-2,5-6H,(H,7,8)(H,9,10);1-4H. The molecular weight excluding hydrogens is 224 g/mol. The Morgan fingerprint density at radius 1 is 0.933 bits per heavy atom. The summed E-state index contributed by atoms with van der Waals surface area (Å²) in [4.78, 5) is 19.5. The maximum absolute atomic E-state index is 9.77. The number of carboxylic acid groups (broad SMARTS) is 2. The van der Waals surface area contributed by atoms with Gasteiger partial charge in [0.2, 0.25) is 0 Å². The second-order valence-electron chi connectivity index (χ2n) is 2.36. The van der Waals surface area contributed by atoms with Crippen molar-refractivity contribution in [2.75, 3.05) is 0 Å². The van der Waals surface area contributed by atoms with Crippen LogP contribution in [0.1, 0.15) is 0 Å². The quantitative estimate of drug-likeness (QED) is 0.567. The fourth-order valence-electron chi connectivity index (χ4n) is 0.497. The molecule has 6 nitrogen and oxygen atoms in total. The molecular formula is C8H10O6S. The molecule has 1 aromatic rings.